The van der Waals surface area contributed by atoms with Crippen molar-refractivity contribution in [2.45, 2.75) is 65.0 Å². The fraction of sp³-hybridized carbons (Fsp3) is 0.571. The van der Waals surface area contributed by atoms with E-state index in [9.17, 15) is 4.79 Å². The first-order chi connectivity index (χ1) is 13.3. The standard InChI is InChI=1S/C21H30N4O2S/c1-21(2,3)27-20(26)22-12-6-7-13-25-18(23-24-19(25)28)17-11-10-15-8-4-5-9-16(15)14-17/h5,9,11,14-15H,4,6-8,10,12-13H2,1-3H3,(H,22,26)(H,24,28). The highest BCUT2D eigenvalue weighted by molar-refractivity contribution is 7.71. The summed E-state index contributed by atoms with van der Waals surface area (Å²) in [5, 5.41) is 10.2. The number of aromatic amines is 1. The zero-order valence-electron chi connectivity index (χ0n) is 17.0. The Labute approximate surface area is 171 Å². The summed E-state index contributed by atoms with van der Waals surface area (Å²) < 4.78 is 7.93. The lowest BCUT2D eigenvalue weighted by Gasteiger charge is -2.24. The molecule has 1 unspecified atom stereocenters. The van der Waals surface area contributed by atoms with Crippen LogP contribution < -0.4 is 5.32 Å². The van der Waals surface area contributed by atoms with Crippen LogP contribution in [0.4, 0.5) is 4.79 Å². The highest BCUT2D eigenvalue weighted by Gasteiger charge is 2.21. The summed E-state index contributed by atoms with van der Waals surface area (Å²) in [7, 11) is 0. The van der Waals surface area contributed by atoms with Crippen molar-refractivity contribution >= 4 is 23.9 Å². The predicted molar refractivity (Wildman–Crippen MR) is 113 cm³/mol. The first-order valence-corrected chi connectivity index (χ1v) is 10.4. The second kappa shape index (κ2) is 8.90. The summed E-state index contributed by atoms with van der Waals surface area (Å²) >= 11 is 5.43. The van der Waals surface area contributed by atoms with Gasteiger partial charge in [-0.2, -0.15) is 5.10 Å². The van der Waals surface area contributed by atoms with E-state index in [-0.39, 0.29) is 6.09 Å². The van der Waals surface area contributed by atoms with Crippen molar-refractivity contribution in [3.8, 4) is 0 Å². The molecule has 1 heterocycles. The van der Waals surface area contributed by atoms with Gasteiger partial charge in [0, 0.05) is 18.7 Å². The molecule has 1 aromatic rings. The van der Waals surface area contributed by atoms with Gasteiger partial charge in [0.05, 0.1) is 0 Å². The molecule has 1 amide bonds. The number of rotatable bonds is 6. The van der Waals surface area contributed by atoms with Gasteiger partial charge in [-0.3, -0.25) is 5.10 Å². The van der Waals surface area contributed by atoms with Crippen LogP contribution in [0.2, 0.25) is 0 Å². The molecule has 0 fully saturated rings. The summed E-state index contributed by atoms with van der Waals surface area (Å²) in [4.78, 5) is 11.7. The van der Waals surface area contributed by atoms with Crippen molar-refractivity contribution in [1.29, 1.82) is 0 Å². The number of carbonyl (C=O) groups excluding carboxylic acids is 1. The fourth-order valence-electron chi connectivity index (χ4n) is 3.55. The number of aromatic nitrogens is 3. The van der Waals surface area contributed by atoms with Crippen LogP contribution in [0.3, 0.4) is 0 Å². The summed E-state index contributed by atoms with van der Waals surface area (Å²) in [5.41, 5.74) is 2.06. The minimum Gasteiger partial charge on any atom is -0.444 e. The topological polar surface area (TPSA) is 71.9 Å². The minimum absolute atomic E-state index is 0.373. The highest BCUT2D eigenvalue weighted by Crippen LogP contribution is 2.34. The molecule has 0 spiro atoms. The number of amides is 1. The smallest absolute Gasteiger partial charge is 0.407 e. The molecule has 0 bridgehead atoms. The van der Waals surface area contributed by atoms with Crippen molar-refractivity contribution in [3.05, 3.63) is 40.5 Å². The van der Waals surface area contributed by atoms with Crippen LogP contribution in [0.5, 0.6) is 0 Å². The molecule has 0 aliphatic heterocycles. The molecular weight excluding hydrogens is 372 g/mol. The van der Waals surface area contributed by atoms with Crippen LogP contribution in [0.25, 0.3) is 5.57 Å². The molecule has 2 aliphatic carbocycles. The van der Waals surface area contributed by atoms with Gasteiger partial charge >= 0.3 is 6.09 Å². The number of unbranched alkanes of at least 4 members (excludes halogenated alkanes) is 1. The van der Waals surface area contributed by atoms with Gasteiger partial charge in [0.25, 0.3) is 0 Å². The molecule has 7 heteroatoms. The quantitative estimate of drug-likeness (QED) is 0.523. The van der Waals surface area contributed by atoms with Gasteiger partial charge in [-0.15, -0.1) is 0 Å². The molecule has 0 saturated heterocycles. The van der Waals surface area contributed by atoms with E-state index in [4.69, 9.17) is 17.0 Å². The fourth-order valence-corrected chi connectivity index (χ4v) is 3.77. The summed E-state index contributed by atoms with van der Waals surface area (Å²) in [6.45, 7) is 6.91. The zero-order valence-corrected chi connectivity index (χ0v) is 17.8. The van der Waals surface area contributed by atoms with Crippen LogP contribution in [0, 0.1) is 10.7 Å². The first-order valence-electron chi connectivity index (χ1n) is 10.0. The summed E-state index contributed by atoms with van der Waals surface area (Å²) in [6, 6.07) is 0. The van der Waals surface area contributed by atoms with Gasteiger partial charge in [-0.05, 0) is 82.7 Å². The molecule has 2 N–H and O–H groups in total. The third-order valence-corrected chi connectivity index (χ3v) is 5.21. The van der Waals surface area contributed by atoms with Crippen LogP contribution in [-0.2, 0) is 11.3 Å². The Hall–Kier alpha value is -2.15. The van der Waals surface area contributed by atoms with Gasteiger partial charge in [-0.25, -0.2) is 4.79 Å². The normalized spacial score (nSPS) is 18.9. The summed E-state index contributed by atoms with van der Waals surface area (Å²) in [5.74, 6) is 1.54. The van der Waals surface area contributed by atoms with Gasteiger partial charge in [0.2, 0.25) is 0 Å². The van der Waals surface area contributed by atoms with Crippen LogP contribution in [0.1, 0.15) is 58.7 Å². The molecule has 28 heavy (non-hydrogen) atoms. The minimum atomic E-state index is -0.475. The Morgan fingerprint density at radius 3 is 3.04 bits per heavy atom. The molecule has 1 atom stereocenters. The Morgan fingerprint density at radius 1 is 1.43 bits per heavy atom. The Morgan fingerprint density at radius 2 is 2.25 bits per heavy atom. The van der Waals surface area contributed by atoms with E-state index in [1.165, 1.54) is 18.4 Å². The third-order valence-electron chi connectivity index (χ3n) is 4.90. The molecule has 1 aromatic heterocycles. The lowest BCUT2D eigenvalue weighted by molar-refractivity contribution is 0.0527. The number of allylic oxidation sites excluding steroid dienone is 6. The van der Waals surface area contributed by atoms with E-state index >= 15 is 0 Å². The number of nitrogens with one attached hydrogen (secondary N) is 2. The van der Waals surface area contributed by atoms with Crippen molar-refractivity contribution in [2.75, 3.05) is 6.54 Å². The average molecular weight is 403 g/mol. The van der Waals surface area contributed by atoms with Crippen molar-refractivity contribution in [2.24, 2.45) is 5.92 Å². The van der Waals surface area contributed by atoms with Crippen molar-refractivity contribution in [3.63, 3.8) is 0 Å². The number of alkyl carbamates (subject to hydrolysis) is 1. The molecule has 0 saturated carbocycles. The zero-order chi connectivity index (χ0) is 20.1. The Kier molecular flexibility index (Phi) is 6.54. The number of carbonyl (C=O) groups is 1. The Balaban J connectivity index is 1.54. The highest BCUT2D eigenvalue weighted by atomic mass is 32.1. The van der Waals surface area contributed by atoms with Gasteiger partial charge in [0.1, 0.15) is 5.60 Å². The maximum absolute atomic E-state index is 11.7. The van der Waals surface area contributed by atoms with Gasteiger partial charge in [-0.1, -0.05) is 18.2 Å². The van der Waals surface area contributed by atoms with E-state index in [0.29, 0.717) is 17.2 Å². The number of H-pyrrole nitrogens is 1. The summed E-state index contributed by atoms with van der Waals surface area (Å²) in [6.07, 6.45) is 13.8. The van der Waals surface area contributed by atoms with Crippen LogP contribution in [-0.4, -0.2) is 33.0 Å². The van der Waals surface area contributed by atoms with E-state index in [1.54, 1.807) is 0 Å². The monoisotopic (exact) mass is 402 g/mol. The molecule has 152 valence electrons. The molecule has 0 aromatic carbocycles. The maximum Gasteiger partial charge on any atom is 0.407 e. The molecule has 2 aliphatic rings. The van der Waals surface area contributed by atoms with Crippen molar-refractivity contribution in [1.82, 2.24) is 20.1 Å². The van der Waals surface area contributed by atoms with Crippen LogP contribution in [0.15, 0.2) is 29.9 Å². The van der Waals surface area contributed by atoms with Crippen LogP contribution >= 0.6 is 12.2 Å². The molecule has 3 rings (SSSR count). The number of fused-ring (bicyclic) bond motifs is 1. The van der Waals surface area contributed by atoms with Gasteiger partial charge in [0.15, 0.2) is 10.6 Å². The third kappa shape index (κ3) is 5.44. The number of hydrogen-bond acceptors (Lipinski definition) is 4. The van der Waals surface area contributed by atoms with E-state index in [0.717, 1.165) is 37.2 Å². The van der Waals surface area contributed by atoms with Gasteiger partial charge < -0.3 is 14.6 Å². The van der Waals surface area contributed by atoms with Crippen molar-refractivity contribution < 1.29 is 9.53 Å². The largest absolute Gasteiger partial charge is 0.444 e. The lowest BCUT2D eigenvalue weighted by atomic mass is 9.82. The molecular formula is C21H30N4O2S. The average Bonchev–Trinajstić information content (AvgIpc) is 3.00. The number of hydrogen-bond donors (Lipinski definition) is 2. The molecule has 0 radical (unpaired) electrons. The lowest BCUT2D eigenvalue weighted by Crippen LogP contribution is -2.33. The van der Waals surface area contributed by atoms with E-state index in [2.05, 4.69) is 44.4 Å². The van der Waals surface area contributed by atoms with E-state index in [1.807, 2.05) is 20.8 Å². The molecule has 6 nitrogen and oxygen atoms in total. The second-order valence-corrected chi connectivity index (χ2v) is 8.74. The number of ether oxygens (including phenoxy) is 1. The SMILES string of the molecule is CC(C)(C)OC(=O)NCCCCn1c(C2=CCC3CCC=CC3=C2)n[nH]c1=S. The first kappa shape index (κ1) is 20.6. The van der Waals surface area contributed by atoms with E-state index < -0.39 is 5.60 Å². The second-order valence-electron chi connectivity index (χ2n) is 8.36. The maximum atomic E-state index is 11.7. The Bertz CT molecular complexity index is 854. The predicted octanol–water partition coefficient (Wildman–Crippen LogP) is 4.93. The number of nitrogens with zero attached hydrogens (tertiary/aromatic N) is 2.